The van der Waals surface area contributed by atoms with Gasteiger partial charge in [0.1, 0.15) is 6.10 Å². The van der Waals surface area contributed by atoms with Crippen LogP contribution in [0.5, 0.6) is 0 Å². The summed E-state index contributed by atoms with van der Waals surface area (Å²) in [5.74, 6) is -0.106. The molecule has 0 aliphatic carbocycles. The first-order chi connectivity index (χ1) is 10.7. The Morgan fingerprint density at radius 3 is 2.73 bits per heavy atom. The van der Waals surface area contributed by atoms with Gasteiger partial charge in [-0.15, -0.1) is 11.8 Å². The number of thioether (sulfide) groups is 1. The molecule has 4 nitrogen and oxygen atoms in total. The molecule has 1 aliphatic rings. The molecule has 1 heterocycles. The van der Waals surface area contributed by atoms with Crippen LogP contribution in [-0.2, 0) is 9.47 Å². The third-order valence-electron chi connectivity index (χ3n) is 3.46. The molecule has 5 heteroatoms. The number of cyclic esters (lactones) is 1. The lowest BCUT2D eigenvalue weighted by Crippen LogP contribution is -2.05. The largest absolute Gasteiger partial charge is 0.465 e. The number of esters is 2. The molecule has 1 atom stereocenters. The monoisotopic (exact) mass is 314 g/mol. The van der Waals surface area contributed by atoms with Crippen molar-refractivity contribution in [3.8, 4) is 0 Å². The molecule has 0 radical (unpaired) electrons. The van der Waals surface area contributed by atoms with Crippen LogP contribution < -0.4 is 0 Å². The highest BCUT2D eigenvalue weighted by atomic mass is 32.2. The van der Waals surface area contributed by atoms with Crippen LogP contribution in [0.25, 0.3) is 0 Å². The minimum atomic E-state index is -0.369. The minimum absolute atomic E-state index is 0.289. The Morgan fingerprint density at radius 1 is 1.18 bits per heavy atom. The molecular formula is C17H14O4S. The molecule has 1 unspecified atom stereocenters. The summed E-state index contributed by atoms with van der Waals surface area (Å²) in [5, 5.41) is 0. The SMILES string of the molecule is COC(=O)c1ccccc1SCC1OC(=O)c2ccccc21. The Balaban J connectivity index is 1.77. The second-order valence-electron chi connectivity index (χ2n) is 4.78. The molecule has 0 fully saturated rings. The Kier molecular flexibility index (Phi) is 4.15. The van der Waals surface area contributed by atoms with Gasteiger partial charge < -0.3 is 9.47 Å². The predicted molar refractivity (Wildman–Crippen MR) is 83.1 cm³/mol. The summed E-state index contributed by atoms with van der Waals surface area (Å²) in [7, 11) is 1.36. The maximum Gasteiger partial charge on any atom is 0.339 e. The van der Waals surface area contributed by atoms with Gasteiger partial charge in [-0.05, 0) is 18.2 Å². The third kappa shape index (κ3) is 2.72. The minimum Gasteiger partial charge on any atom is -0.465 e. The summed E-state index contributed by atoms with van der Waals surface area (Å²) in [6.07, 6.45) is -0.292. The number of ether oxygens (including phenoxy) is 2. The molecule has 0 N–H and O–H groups in total. The van der Waals surface area contributed by atoms with Crippen molar-refractivity contribution >= 4 is 23.7 Å². The number of fused-ring (bicyclic) bond motifs is 1. The van der Waals surface area contributed by atoms with E-state index in [1.165, 1.54) is 18.9 Å². The number of hydrogen-bond donors (Lipinski definition) is 0. The molecule has 2 aromatic carbocycles. The molecule has 22 heavy (non-hydrogen) atoms. The first-order valence-electron chi connectivity index (χ1n) is 6.80. The van der Waals surface area contributed by atoms with Gasteiger partial charge in [0.25, 0.3) is 0 Å². The molecule has 0 amide bonds. The fourth-order valence-corrected chi connectivity index (χ4v) is 3.44. The fourth-order valence-electron chi connectivity index (χ4n) is 2.38. The number of methoxy groups -OCH3 is 1. The quantitative estimate of drug-likeness (QED) is 0.639. The van der Waals surface area contributed by atoms with Gasteiger partial charge in [0.05, 0.1) is 18.2 Å². The summed E-state index contributed by atoms with van der Waals surface area (Å²) in [6, 6.07) is 14.6. The smallest absolute Gasteiger partial charge is 0.339 e. The van der Waals surface area contributed by atoms with Crippen molar-refractivity contribution < 1.29 is 19.1 Å². The van der Waals surface area contributed by atoms with Crippen LogP contribution in [0.3, 0.4) is 0 Å². The number of carbonyl (C=O) groups is 2. The van der Waals surface area contributed by atoms with Gasteiger partial charge in [0.15, 0.2) is 0 Å². The van der Waals surface area contributed by atoms with Crippen molar-refractivity contribution in [2.45, 2.75) is 11.0 Å². The van der Waals surface area contributed by atoms with Crippen LogP contribution in [0.4, 0.5) is 0 Å². The Morgan fingerprint density at radius 2 is 1.91 bits per heavy atom. The summed E-state index contributed by atoms with van der Waals surface area (Å²) in [4.78, 5) is 24.4. The predicted octanol–water partition coefficient (Wildman–Crippen LogP) is 3.48. The van der Waals surface area contributed by atoms with E-state index in [9.17, 15) is 9.59 Å². The fraction of sp³-hybridized carbons (Fsp3) is 0.176. The van der Waals surface area contributed by atoms with E-state index in [0.29, 0.717) is 16.9 Å². The van der Waals surface area contributed by atoms with Crippen LogP contribution >= 0.6 is 11.8 Å². The zero-order chi connectivity index (χ0) is 15.5. The van der Waals surface area contributed by atoms with Gasteiger partial charge in [-0.2, -0.15) is 0 Å². The zero-order valence-electron chi connectivity index (χ0n) is 11.9. The molecule has 112 valence electrons. The van der Waals surface area contributed by atoms with Gasteiger partial charge in [-0.25, -0.2) is 9.59 Å². The topological polar surface area (TPSA) is 52.6 Å². The number of hydrogen-bond acceptors (Lipinski definition) is 5. The molecule has 2 aromatic rings. The maximum absolute atomic E-state index is 11.8. The van der Waals surface area contributed by atoms with Gasteiger partial charge in [-0.3, -0.25) is 0 Å². The van der Waals surface area contributed by atoms with Gasteiger partial charge in [0.2, 0.25) is 0 Å². The van der Waals surface area contributed by atoms with E-state index < -0.39 is 0 Å². The number of rotatable bonds is 4. The second-order valence-corrected chi connectivity index (χ2v) is 5.84. The molecule has 0 bridgehead atoms. The third-order valence-corrected chi connectivity index (χ3v) is 4.60. The van der Waals surface area contributed by atoms with E-state index in [0.717, 1.165) is 10.5 Å². The highest BCUT2D eigenvalue weighted by Gasteiger charge is 2.30. The van der Waals surface area contributed by atoms with E-state index in [4.69, 9.17) is 9.47 Å². The maximum atomic E-state index is 11.8. The molecule has 0 spiro atoms. The molecule has 1 aliphatic heterocycles. The standard InChI is InChI=1S/C17H14O4S/c1-20-16(18)13-8-4-5-9-15(13)22-10-14-11-6-2-3-7-12(11)17(19)21-14/h2-9,14H,10H2,1H3. The van der Waals surface area contributed by atoms with Crippen molar-refractivity contribution in [2.75, 3.05) is 12.9 Å². The van der Waals surface area contributed by atoms with Crippen molar-refractivity contribution in [3.05, 3.63) is 65.2 Å². The summed E-state index contributed by atoms with van der Waals surface area (Å²) in [6.45, 7) is 0. The van der Waals surface area contributed by atoms with Crippen LogP contribution in [-0.4, -0.2) is 24.8 Å². The van der Waals surface area contributed by atoms with Crippen molar-refractivity contribution in [3.63, 3.8) is 0 Å². The summed E-state index contributed by atoms with van der Waals surface area (Å²) < 4.78 is 10.2. The second kappa shape index (κ2) is 6.23. The van der Waals surface area contributed by atoms with Gasteiger partial charge in [-0.1, -0.05) is 30.3 Å². The van der Waals surface area contributed by atoms with E-state index in [2.05, 4.69) is 0 Å². The lowest BCUT2D eigenvalue weighted by molar-refractivity contribution is 0.0429. The van der Waals surface area contributed by atoms with Crippen molar-refractivity contribution in [2.24, 2.45) is 0 Å². The summed E-state index contributed by atoms with van der Waals surface area (Å²) in [5.41, 5.74) is 2.04. The van der Waals surface area contributed by atoms with Gasteiger partial charge in [0, 0.05) is 16.2 Å². The molecule has 3 rings (SSSR count). The van der Waals surface area contributed by atoms with E-state index in [-0.39, 0.29) is 18.0 Å². The Bertz CT molecular complexity index is 726. The lowest BCUT2D eigenvalue weighted by Gasteiger charge is -2.12. The Labute approximate surface area is 132 Å². The highest BCUT2D eigenvalue weighted by molar-refractivity contribution is 7.99. The number of benzene rings is 2. The van der Waals surface area contributed by atoms with Crippen LogP contribution in [0.2, 0.25) is 0 Å². The molecular weight excluding hydrogens is 300 g/mol. The van der Waals surface area contributed by atoms with Gasteiger partial charge >= 0.3 is 11.9 Å². The zero-order valence-corrected chi connectivity index (χ0v) is 12.8. The van der Waals surface area contributed by atoms with E-state index in [1.54, 1.807) is 18.2 Å². The summed E-state index contributed by atoms with van der Waals surface area (Å²) >= 11 is 1.48. The lowest BCUT2D eigenvalue weighted by atomic mass is 10.1. The van der Waals surface area contributed by atoms with Crippen LogP contribution in [0.1, 0.15) is 32.4 Å². The van der Waals surface area contributed by atoms with Crippen molar-refractivity contribution in [1.29, 1.82) is 0 Å². The number of carbonyl (C=O) groups excluding carboxylic acids is 2. The highest BCUT2D eigenvalue weighted by Crippen LogP contribution is 2.35. The average Bonchev–Trinajstić information content (AvgIpc) is 2.89. The van der Waals surface area contributed by atoms with Crippen LogP contribution in [0.15, 0.2) is 53.4 Å². The van der Waals surface area contributed by atoms with Crippen molar-refractivity contribution in [1.82, 2.24) is 0 Å². The average molecular weight is 314 g/mol. The van der Waals surface area contributed by atoms with E-state index in [1.807, 2.05) is 30.3 Å². The Hall–Kier alpha value is -2.27. The van der Waals surface area contributed by atoms with Crippen LogP contribution in [0, 0.1) is 0 Å². The first-order valence-corrected chi connectivity index (χ1v) is 7.79. The van der Waals surface area contributed by atoms with E-state index >= 15 is 0 Å². The molecule has 0 saturated carbocycles. The first kappa shape index (κ1) is 14.7. The molecule has 0 aromatic heterocycles. The molecule has 0 saturated heterocycles. The normalized spacial score (nSPS) is 16.0.